The van der Waals surface area contributed by atoms with E-state index in [4.69, 9.17) is 4.74 Å². The number of aryl methyl sites for hydroxylation is 1. The number of rotatable bonds is 2. The monoisotopic (exact) mass is 615 g/mol. The Morgan fingerprint density at radius 1 is 0.841 bits per heavy atom. The van der Waals surface area contributed by atoms with Crippen LogP contribution >= 0.6 is 0 Å². The number of fused-ring (bicyclic) bond motifs is 5. The highest BCUT2D eigenvalue weighted by Gasteiger charge is 2.35. The van der Waals surface area contributed by atoms with Crippen LogP contribution in [0.4, 0.5) is 0 Å². The molecule has 1 saturated heterocycles. The molecule has 2 aliphatic heterocycles. The lowest BCUT2D eigenvalue weighted by Crippen LogP contribution is -2.40. The lowest BCUT2D eigenvalue weighted by molar-refractivity contribution is -0.135. The van der Waals surface area contributed by atoms with Gasteiger partial charge in [-0.25, -0.2) is 13.4 Å². The van der Waals surface area contributed by atoms with Gasteiger partial charge in [-0.2, -0.15) is 0 Å². The normalized spacial score (nSPS) is 19.6. The van der Waals surface area contributed by atoms with Crippen molar-refractivity contribution in [1.82, 2.24) is 24.3 Å². The maximum atomic E-state index is 13.8. The van der Waals surface area contributed by atoms with Crippen molar-refractivity contribution in [2.24, 2.45) is 5.92 Å². The molecule has 10 nitrogen and oxygen atoms in total. The molecule has 2 aromatic carbocycles. The number of carbonyl (C=O) groups is 2. The van der Waals surface area contributed by atoms with E-state index in [0.717, 1.165) is 28.6 Å². The number of benzene rings is 2. The first kappa shape index (κ1) is 29.8. The van der Waals surface area contributed by atoms with Crippen molar-refractivity contribution in [2.45, 2.75) is 32.2 Å². The molecule has 2 aliphatic rings. The van der Waals surface area contributed by atoms with E-state index in [1.807, 2.05) is 65.7 Å². The molecule has 4 aromatic rings. The maximum absolute atomic E-state index is 13.8. The van der Waals surface area contributed by atoms with Gasteiger partial charge in [-0.15, -0.1) is 0 Å². The Balaban J connectivity index is 1.24. The van der Waals surface area contributed by atoms with Crippen molar-refractivity contribution in [1.29, 1.82) is 0 Å². The summed E-state index contributed by atoms with van der Waals surface area (Å²) in [6, 6.07) is 17.4. The largest absolute Gasteiger partial charge is 0.492 e. The molecule has 2 bridgehead atoms. The van der Waals surface area contributed by atoms with Crippen LogP contribution in [0.5, 0.6) is 5.75 Å². The third kappa shape index (κ3) is 6.93. The van der Waals surface area contributed by atoms with Crippen molar-refractivity contribution >= 4 is 32.4 Å². The second-order valence-corrected chi connectivity index (χ2v) is 13.7. The van der Waals surface area contributed by atoms with Crippen LogP contribution in [0.15, 0.2) is 73.2 Å². The van der Waals surface area contributed by atoms with Gasteiger partial charge in [0.2, 0.25) is 5.91 Å². The van der Waals surface area contributed by atoms with Crippen LogP contribution < -0.4 is 4.74 Å². The van der Waals surface area contributed by atoms with Gasteiger partial charge in [0.25, 0.3) is 5.91 Å². The maximum Gasteiger partial charge on any atom is 0.272 e. The Morgan fingerprint density at radius 3 is 2.45 bits per heavy atom. The molecule has 0 saturated carbocycles. The molecule has 0 radical (unpaired) electrons. The fourth-order valence-corrected chi connectivity index (χ4v) is 7.78. The first-order chi connectivity index (χ1) is 21.4. The third-order valence-electron chi connectivity index (χ3n) is 8.40. The van der Waals surface area contributed by atoms with Crippen LogP contribution in [0.1, 0.15) is 36.2 Å². The molecule has 2 amide bonds. The van der Waals surface area contributed by atoms with E-state index < -0.39 is 15.8 Å². The zero-order valence-electron chi connectivity index (χ0n) is 24.7. The van der Waals surface area contributed by atoms with Crippen LogP contribution in [0.2, 0.25) is 0 Å². The highest BCUT2D eigenvalue weighted by Crippen LogP contribution is 2.25. The predicted molar refractivity (Wildman–Crippen MR) is 168 cm³/mol. The van der Waals surface area contributed by atoms with Gasteiger partial charge >= 0.3 is 0 Å². The molecule has 0 N–H and O–H groups in total. The molecule has 44 heavy (non-hydrogen) atoms. The van der Waals surface area contributed by atoms with E-state index in [2.05, 4.69) is 14.5 Å². The van der Waals surface area contributed by atoms with Gasteiger partial charge in [-0.3, -0.25) is 14.6 Å². The van der Waals surface area contributed by atoms with Crippen molar-refractivity contribution in [3.63, 3.8) is 0 Å². The summed E-state index contributed by atoms with van der Waals surface area (Å²) in [5, 5.41) is 1.94. The van der Waals surface area contributed by atoms with Gasteiger partial charge in [0.05, 0.1) is 24.0 Å². The lowest BCUT2D eigenvalue weighted by Gasteiger charge is -2.26. The van der Waals surface area contributed by atoms with Crippen molar-refractivity contribution in [3.05, 3.63) is 78.9 Å². The number of ether oxygens (including phenoxy) is 1. The summed E-state index contributed by atoms with van der Waals surface area (Å²) in [6.07, 6.45) is 7.89. The number of aromatic nitrogens is 3. The summed E-state index contributed by atoms with van der Waals surface area (Å²) in [5.74, 6) is 0.662. The quantitative estimate of drug-likeness (QED) is 0.334. The van der Waals surface area contributed by atoms with E-state index in [1.54, 1.807) is 17.3 Å². The molecule has 1 fully saturated rings. The molecule has 1 unspecified atom stereocenters. The molecule has 0 spiro atoms. The van der Waals surface area contributed by atoms with Gasteiger partial charge in [0.1, 0.15) is 23.9 Å². The first-order valence-electron chi connectivity index (χ1n) is 15.2. The molecule has 230 valence electrons. The summed E-state index contributed by atoms with van der Waals surface area (Å²) in [5.41, 5.74) is 1.32. The van der Waals surface area contributed by atoms with E-state index in [-0.39, 0.29) is 29.9 Å². The number of sulfone groups is 1. The van der Waals surface area contributed by atoms with Crippen molar-refractivity contribution in [2.75, 3.05) is 44.3 Å². The van der Waals surface area contributed by atoms with Gasteiger partial charge in [0, 0.05) is 55.7 Å². The first-order valence-corrected chi connectivity index (χ1v) is 17.1. The van der Waals surface area contributed by atoms with Gasteiger partial charge in [-0.05, 0) is 49.3 Å². The number of nitrogens with zero attached hydrogens (tertiary/aromatic N) is 5. The smallest absolute Gasteiger partial charge is 0.272 e. The number of carbonyl (C=O) groups excluding carboxylic acids is 2. The number of imidazole rings is 1. The fraction of sp³-hybridized carbons (Fsp3) is 0.394. The Labute approximate surface area is 257 Å². The Hall–Kier alpha value is -4.25. The van der Waals surface area contributed by atoms with Crippen LogP contribution in [-0.2, 0) is 21.2 Å². The van der Waals surface area contributed by atoms with E-state index in [9.17, 15) is 18.0 Å². The fourth-order valence-electron chi connectivity index (χ4n) is 6.04. The summed E-state index contributed by atoms with van der Waals surface area (Å²) in [7, 11) is -3.19. The highest BCUT2D eigenvalue weighted by atomic mass is 32.2. The van der Waals surface area contributed by atoms with Crippen LogP contribution in [0.3, 0.4) is 0 Å². The topological polar surface area (TPSA) is 115 Å². The van der Waals surface area contributed by atoms with Gasteiger partial charge in [0.15, 0.2) is 9.84 Å². The zero-order chi connectivity index (χ0) is 30.5. The minimum Gasteiger partial charge on any atom is -0.492 e. The Bertz CT molecular complexity index is 1750. The Kier molecular flexibility index (Phi) is 8.92. The van der Waals surface area contributed by atoms with E-state index in [0.29, 0.717) is 63.4 Å². The molecule has 1 atom stereocenters. The molecular formula is C33H37N5O5S. The SMILES string of the molecule is O=C(c1cc2ccccc2cn1)N1CCCCN(C(=O)C2CCS(=O)(=O)C2)CCOc2cccc(c2)-c2nccn2CCC1. The molecular weight excluding hydrogens is 578 g/mol. The van der Waals surface area contributed by atoms with Crippen molar-refractivity contribution in [3.8, 4) is 17.1 Å². The number of hydrogen-bond acceptors (Lipinski definition) is 7. The molecule has 4 heterocycles. The molecule has 0 aliphatic carbocycles. The minimum absolute atomic E-state index is 0.0518. The zero-order valence-corrected chi connectivity index (χ0v) is 25.5. The number of pyridine rings is 1. The van der Waals surface area contributed by atoms with Gasteiger partial charge in [-0.1, -0.05) is 36.4 Å². The van der Waals surface area contributed by atoms with Crippen LogP contribution in [0, 0.1) is 5.92 Å². The van der Waals surface area contributed by atoms with E-state index in [1.165, 1.54) is 0 Å². The summed E-state index contributed by atoms with van der Waals surface area (Å²) in [4.78, 5) is 39.9. The third-order valence-corrected chi connectivity index (χ3v) is 10.2. The van der Waals surface area contributed by atoms with Crippen molar-refractivity contribution < 1.29 is 22.7 Å². The predicted octanol–water partition coefficient (Wildman–Crippen LogP) is 4.07. The number of hydrogen-bond donors (Lipinski definition) is 0. The standard InChI is InChI=1S/C33H37N5O5S/c39-32(28-11-20-44(41,42)24-28)38-14-4-3-13-37(33(40)30-22-25-7-1-2-8-27(25)23-35-30)16-6-15-36-17-12-34-31(36)26-9-5-10-29(21-26)43-19-18-38/h1-2,5,7-10,12,17,21-23,28H,3-4,6,11,13-16,18-20,24H2. The lowest BCUT2D eigenvalue weighted by atomic mass is 10.1. The summed E-state index contributed by atoms with van der Waals surface area (Å²) >= 11 is 0. The van der Waals surface area contributed by atoms with Crippen LogP contribution in [-0.4, -0.2) is 88.9 Å². The molecule has 11 heteroatoms. The summed E-state index contributed by atoms with van der Waals surface area (Å²) in [6.45, 7) is 2.82. The minimum atomic E-state index is -3.19. The van der Waals surface area contributed by atoms with Gasteiger partial charge < -0.3 is 19.1 Å². The average Bonchev–Trinajstić information content (AvgIpc) is 3.66. The number of amides is 2. The molecule has 6 rings (SSSR count). The summed E-state index contributed by atoms with van der Waals surface area (Å²) < 4.78 is 32.4. The average molecular weight is 616 g/mol. The van der Waals surface area contributed by atoms with E-state index >= 15 is 0 Å². The van der Waals surface area contributed by atoms with Crippen LogP contribution in [0.25, 0.3) is 22.2 Å². The highest BCUT2D eigenvalue weighted by molar-refractivity contribution is 7.91. The second kappa shape index (κ2) is 13.2. The molecule has 2 aromatic heterocycles. The Morgan fingerprint density at radius 2 is 1.64 bits per heavy atom. The second-order valence-electron chi connectivity index (χ2n) is 11.5.